The lowest BCUT2D eigenvalue weighted by Crippen LogP contribution is -2.42. The van der Waals surface area contributed by atoms with Crippen molar-refractivity contribution < 1.29 is 14.6 Å². The van der Waals surface area contributed by atoms with Crippen molar-refractivity contribution in [3.63, 3.8) is 0 Å². The maximum Gasteiger partial charge on any atom is 0.286 e. The molecular formula is C15H16N3O2+. The van der Waals surface area contributed by atoms with Crippen LogP contribution in [0.3, 0.4) is 0 Å². The lowest BCUT2D eigenvalue weighted by Gasteiger charge is -2.03. The number of rotatable bonds is 5. The summed E-state index contributed by atoms with van der Waals surface area (Å²) in [4.78, 5) is 11.8. The van der Waals surface area contributed by atoms with E-state index in [-0.39, 0.29) is 12.5 Å². The Kier molecular flexibility index (Phi) is 4.83. The van der Waals surface area contributed by atoms with Crippen molar-refractivity contribution in [1.82, 2.24) is 5.32 Å². The summed E-state index contributed by atoms with van der Waals surface area (Å²) in [7, 11) is 0. The highest BCUT2D eigenvalue weighted by Gasteiger charge is 2.08. The predicted molar refractivity (Wildman–Crippen MR) is 74.3 cm³/mol. The first-order valence-corrected chi connectivity index (χ1v) is 6.25. The number of carbonyl (C=O) groups is 1. The predicted octanol–water partition coefficient (Wildman–Crippen LogP) is 1.10. The lowest BCUT2D eigenvalue weighted by molar-refractivity contribution is -0.684. The molecule has 0 radical (unpaired) electrons. The number of amides is 1. The van der Waals surface area contributed by atoms with Gasteiger partial charge in [-0.05, 0) is 5.56 Å². The van der Waals surface area contributed by atoms with Crippen LogP contribution < -0.4 is 9.88 Å². The molecule has 0 aliphatic heterocycles. The Labute approximate surface area is 117 Å². The zero-order valence-electron chi connectivity index (χ0n) is 10.9. The maximum atomic E-state index is 11.8. The number of hydrogen-bond acceptors (Lipinski definition) is 3. The van der Waals surface area contributed by atoms with Gasteiger partial charge in [0.15, 0.2) is 12.4 Å². The van der Waals surface area contributed by atoms with Crippen LogP contribution in [0.25, 0.3) is 0 Å². The van der Waals surface area contributed by atoms with Crippen molar-refractivity contribution in [2.24, 2.45) is 5.16 Å². The Bertz CT molecular complexity index is 580. The first-order valence-electron chi connectivity index (χ1n) is 6.25. The van der Waals surface area contributed by atoms with Crippen molar-refractivity contribution >= 4 is 12.1 Å². The van der Waals surface area contributed by atoms with Crippen LogP contribution in [0.15, 0.2) is 60.0 Å². The van der Waals surface area contributed by atoms with Crippen molar-refractivity contribution in [2.75, 3.05) is 0 Å². The molecule has 0 aliphatic rings. The van der Waals surface area contributed by atoms with Gasteiger partial charge in [-0.1, -0.05) is 35.5 Å². The molecule has 20 heavy (non-hydrogen) atoms. The quantitative estimate of drug-likeness (QED) is 0.370. The van der Waals surface area contributed by atoms with Crippen LogP contribution in [0, 0.1) is 0 Å². The Hall–Kier alpha value is -2.69. The third kappa shape index (κ3) is 4.20. The molecule has 0 saturated heterocycles. The number of nitrogens with one attached hydrogen (secondary N) is 1. The Balaban J connectivity index is 1.85. The summed E-state index contributed by atoms with van der Waals surface area (Å²) in [5, 5.41) is 14.2. The number of aromatic nitrogens is 1. The zero-order chi connectivity index (χ0) is 14.2. The number of nitrogens with zero attached hydrogens (tertiary/aromatic N) is 2. The molecule has 1 aromatic heterocycles. The van der Waals surface area contributed by atoms with Gasteiger partial charge in [0.1, 0.15) is 0 Å². The number of benzene rings is 1. The van der Waals surface area contributed by atoms with E-state index in [1.54, 1.807) is 29.1 Å². The first-order chi connectivity index (χ1) is 9.78. The van der Waals surface area contributed by atoms with Crippen LogP contribution >= 0.6 is 0 Å². The standard InChI is InChI=1S/C15H15N3O2/c19-15(16-10-13-4-2-1-3-5-13)12-18-8-6-14(7-9-18)11-17-20/h1-9,11H,10,12H2,(H,16,19)/p+1. The monoisotopic (exact) mass is 270 g/mol. The Morgan fingerprint density at radius 2 is 1.90 bits per heavy atom. The van der Waals surface area contributed by atoms with Gasteiger partial charge in [0.2, 0.25) is 6.54 Å². The third-order valence-corrected chi connectivity index (χ3v) is 2.78. The van der Waals surface area contributed by atoms with Gasteiger partial charge >= 0.3 is 0 Å². The molecule has 102 valence electrons. The number of hydrogen-bond donors (Lipinski definition) is 2. The molecule has 1 aromatic carbocycles. The summed E-state index contributed by atoms with van der Waals surface area (Å²) >= 11 is 0. The highest BCUT2D eigenvalue weighted by molar-refractivity contribution is 5.78. The number of carbonyl (C=O) groups excluding carboxylic acids is 1. The van der Waals surface area contributed by atoms with E-state index in [9.17, 15) is 4.79 Å². The molecule has 0 atom stereocenters. The highest BCUT2D eigenvalue weighted by atomic mass is 16.4. The molecule has 5 heteroatoms. The van der Waals surface area contributed by atoms with E-state index in [0.29, 0.717) is 6.54 Å². The Morgan fingerprint density at radius 1 is 1.20 bits per heavy atom. The second-order valence-corrected chi connectivity index (χ2v) is 4.31. The van der Waals surface area contributed by atoms with Gasteiger partial charge in [0.25, 0.3) is 5.91 Å². The van der Waals surface area contributed by atoms with Crippen LogP contribution in [0.2, 0.25) is 0 Å². The maximum absolute atomic E-state index is 11.8. The summed E-state index contributed by atoms with van der Waals surface area (Å²) in [5.74, 6) is -0.0533. The summed E-state index contributed by atoms with van der Waals surface area (Å²) in [5.41, 5.74) is 1.84. The van der Waals surface area contributed by atoms with Crippen LogP contribution in [0.5, 0.6) is 0 Å². The van der Waals surface area contributed by atoms with E-state index in [1.807, 2.05) is 30.3 Å². The molecular weight excluding hydrogens is 254 g/mol. The SMILES string of the molecule is O=C(C[n+]1ccc(/C=N\O)cc1)NCc1ccccc1. The summed E-state index contributed by atoms with van der Waals surface area (Å²) in [6, 6.07) is 13.3. The zero-order valence-corrected chi connectivity index (χ0v) is 10.9. The second-order valence-electron chi connectivity index (χ2n) is 4.31. The highest BCUT2D eigenvalue weighted by Crippen LogP contribution is 1.97. The molecule has 2 aromatic rings. The van der Waals surface area contributed by atoms with Gasteiger partial charge in [0, 0.05) is 24.2 Å². The van der Waals surface area contributed by atoms with Gasteiger partial charge in [-0.15, -0.1) is 0 Å². The van der Waals surface area contributed by atoms with Crippen LogP contribution in [-0.4, -0.2) is 17.3 Å². The molecule has 2 N–H and O–H groups in total. The summed E-state index contributed by atoms with van der Waals surface area (Å²) in [6.07, 6.45) is 4.86. The topological polar surface area (TPSA) is 65.6 Å². The number of pyridine rings is 1. The minimum Gasteiger partial charge on any atom is -0.411 e. The minimum atomic E-state index is -0.0533. The summed E-state index contributed by atoms with van der Waals surface area (Å²) in [6.45, 7) is 0.777. The molecule has 0 fully saturated rings. The van der Waals surface area contributed by atoms with Gasteiger partial charge in [-0.25, -0.2) is 0 Å². The largest absolute Gasteiger partial charge is 0.411 e. The van der Waals surface area contributed by atoms with Crippen LogP contribution in [0.1, 0.15) is 11.1 Å². The molecule has 0 bridgehead atoms. The first kappa shape index (κ1) is 13.7. The van der Waals surface area contributed by atoms with Crippen molar-refractivity contribution in [3.8, 4) is 0 Å². The molecule has 2 rings (SSSR count). The lowest BCUT2D eigenvalue weighted by atomic mass is 10.2. The number of oxime groups is 1. The van der Waals surface area contributed by atoms with Gasteiger partial charge < -0.3 is 10.5 Å². The van der Waals surface area contributed by atoms with E-state index >= 15 is 0 Å². The van der Waals surface area contributed by atoms with Gasteiger partial charge in [-0.2, -0.15) is 4.57 Å². The second kappa shape index (κ2) is 7.04. The molecule has 5 nitrogen and oxygen atoms in total. The van der Waals surface area contributed by atoms with Crippen molar-refractivity contribution in [2.45, 2.75) is 13.1 Å². The van der Waals surface area contributed by atoms with E-state index in [1.165, 1.54) is 6.21 Å². The van der Waals surface area contributed by atoms with Crippen molar-refractivity contribution in [3.05, 3.63) is 66.0 Å². The smallest absolute Gasteiger partial charge is 0.286 e. The van der Waals surface area contributed by atoms with E-state index in [0.717, 1.165) is 11.1 Å². The van der Waals surface area contributed by atoms with E-state index in [2.05, 4.69) is 10.5 Å². The molecule has 1 heterocycles. The molecule has 0 aliphatic carbocycles. The molecule has 1 amide bonds. The summed E-state index contributed by atoms with van der Waals surface area (Å²) < 4.78 is 1.76. The van der Waals surface area contributed by atoms with Crippen LogP contribution in [0.4, 0.5) is 0 Å². The fourth-order valence-corrected chi connectivity index (χ4v) is 1.75. The molecule has 0 spiro atoms. The van der Waals surface area contributed by atoms with Gasteiger partial charge in [0.05, 0.1) is 6.21 Å². The van der Waals surface area contributed by atoms with Crippen molar-refractivity contribution in [1.29, 1.82) is 0 Å². The van der Waals surface area contributed by atoms with Gasteiger partial charge in [-0.3, -0.25) is 4.79 Å². The Morgan fingerprint density at radius 3 is 2.55 bits per heavy atom. The average Bonchev–Trinajstić information content (AvgIpc) is 2.49. The molecule has 0 unspecified atom stereocenters. The third-order valence-electron chi connectivity index (χ3n) is 2.78. The minimum absolute atomic E-state index is 0.0533. The fraction of sp³-hybridized carbons (Fsp3) is 0.133. The normalized spacial score (nSPS) is 10.6. The fourth-order valence-electron chi connectivity index (χ4n) is 1.75. The molecule has 0 saturated carbocycles. The van der Waals surface area contributed by atoms with E-state index in [4.69, 9.17) is 5.21 Å². The van der Waals surface area contributed by atoms with Crippen LogP contribution in [-0.2, 0) is 17.9 Å². The van der Waals surface area contributed by atoms with E-state index < -0.39 is 0 Å². The average molecular weight is 270 g/mol.